The monoisotopic (exact) mass is 500 g/mol. The molecule has 0 heterocycles. The SMILES string of the molecule is NC(Cc1ccccc1)C(=O)NC(Cc1ccc(O)cc1)C(=O)NCC(=O)NC(CC(=O)O)C(=O)O. The van der Waals surface area contributed by atoms with Crippen molar-refractivity contribution < 1.29 is 39.3 Å². The third-order valence-electron chi connectivity index (χ3n) is 5.08. The molecule has 0 aliphatic rings. The van der Waals surface area contributed by atoms with Crippen molar-refractivity contribution in [2.45, 2.75) is 37.4 Å². The minimum absolute atomic E-state index is 0.00823. The lowest BCUT2D eigenvalue weighted by Gasteiger charge is -2.21. The molecule has 0 bridgehead atoms. The average Bonchev–Trinajstić information content (AvgIpc) is 2.83. The molecule has 0 radical (unpaired) electrons. The quantitative estimate of drug-likeness (QED) is 0.182. The van der Waals surface area contributed by atoms with Crippen LogP contribution in [0, 0.1) is 0 Å². The lowest BCUT2D eigenvalue weighted by Crippen LogP contribution is -2.54. The highest BCUT2D eigenvalue weighted by Gasteiger charge is 2.26. The Kier molecular flexibility index (Phi) is 10.4. The molecule has 0 aliphatic carbocycles. The van der Waals surface area contributed by atoms with Crippen LogP contribution in [0.5, 0.6) is 5.75 Å². The number of benzene rings is 2. The molecule has 3 unspecified atom stereocenters. The predicted octanol–water partition coefficient (Wildman–Crippen LogP) is -0.850. The third kappa shape index (κ3) is 9.43. The number of aromatic hydroxyl groups is 1. The van der Waals surface area contributed by atoms with Crippen molar-refractivity contribution in [2.75, 3.05) is 6.54 Å². The molecular weight excluding hydrogens is 472 g/mol. The van der Waals surface area contributed by atoms with E-state index in [-0.39, 0.29) is 18.6 Å². The molecule has 0 saturated carbocycles. The number of hydrogen-bond acceptors (Lipinski definition) is 7. The minimum Gasteiger partial charge on any atom is -0.508 e. The van der Waals surface area contributed by atoms with Gasteiger partial charge in [-0.3, -0.25) is 19.2 Å². The van der Waals surface area contributed by atoms with Crippen LogP contribution in [0.1, 0.15) is 17.5 Å². The number of hydrogen-bond donors (Lipinski definition) is 7. The first-order chi connectivity index (χ1) is 17.0. The number of carbonyl (C=O) groups excluding carboxylic acids is 3. The summed E-state index contributed by atoms with van der Waals surface area (Å²) >= 11 is 0. The summed E-state index contributed by atoms with van der Waals surface area (Å²) in [6.07, 6.45) is -0.606. The van der Waals surface area contributed by atoms with Crippen LogP contribution in [0.4, 0.5) is 0 Å². The van der Waals surface area contributed by atoms with Crippen molar-refractivity contribution in [3.05, 3.63) is 65.7 Å². The highest BCUT2D eigenvalue weighted by Crippen LogP contribution is 2.12. The third-order valence-corrected chi connectivity index (χ3v) is 5.08. The van der Waals surface area contributed by atoms with Crippen molar-refractivity contribution in [1.82, 2.24) is 16.0 Å². The number of aliphatic carboxylic acids is 2. The lowest BCUT2D eigenvalue weighted by atomic mass is 10.0. The molecule has 0 fully saturated rings. The van der Waals surface area contributed by atoms with Gasteiger partial charge in [-0.1, -0.05) is 42.5 Å². The number of rotatable bonds is 13. The second-order valence-electron chi connectivity index (χ2n) is 8.00. The molecule has 8 N–H and O–H groups in total. The maximum Gasteiger partial charge on any atom is 0.326 e. The summed E-state index contributed by atoms with van der Waals surface area (Å²) in [7, 11) is 0. The number of carboxylic acids is 2. The van der Waals surface area contributed by atoms with Crippen molar-refractivity contribution in [3.63, 3.8) is 0 Å². The second kappa shape index (κ2) is 13.4. The first-order valence-corrected chi connectivity index (χ1v) is 10.9. The van der Waals surface area contributed by atoms with Gasteiger partial charge in [-0.05, 0) is 29.7 Å². The van der Waals surface area contributed by atoms with Gasteiger partial charge in [0.15, 0.2) is 0 Å². The molecule has 0 aliphatic heterocycles. The Morgan fingerprint density at radius 3 is 1.97 bits per heavy atom. The van der Waals surface area contributed by atoms with E-state index in [2.05, 4.69) is 10.6 Å². The first-order valence-electron chi connectivity index (χ1n) is 10.9. The highest BCUT2D eigenvalue weighted by atomic mass is 16.4. The van der Waals surface area contributed by atoms with Gasteiger partial charge in [0.25, 0.3) is 0 Å². The molecule has 0 aromatic heterocycles. The van der Waals surface area contributed by atoms with Gasteiger partial charge in [0.1, 0.15) is 17.8 Å². The standard InChI is InChI=1S/C24H28N4O8/c25-17(10-14-4-2-1-3-5-14)22(33)28-18(11-15-6-8-16(29)9-7-15)23(34)26-13-20(30)27-19(24(35)36)12-21(31)32/h1-9,17-19,29H,10-13,25H2,(H,26,34)(H,27,30)(H,28,33)(H,31,32)(H,35,36). The van der Waals surface area contributed by atoms with Crippen molar-refractivity contribution in [1.29, 1.82) is 0 Å². The second-order valence-corrected chi connectivity index (χ2v) is 8.00. The zero-order valence-electron chi connectivity index (χ0n) is 19.2. The van der Waals surface area contributed by atoms with E-state index in [1.165, 1.54) is 12.1 Å². The van der Waals surface area contributed by atoms with Gasteiger partial charge < -0.3 is 37.0 Å². The smallest absolute Gasteiger partial charge is 0.326 e. The van der Waals surface area contributed by atoms with E-state index in [4.69, 9.17) is 15.9 Å². The van der Waals surface area contributed by atoms with Crippen LogP contribution in [0.3, 0.4) is 0 Å². The molecule has 2 rings (SSSR count). The molecule has 192 valence electrons. The molecule has 36 heavy (non-hydrogen) atoms. The molecule has 2 aromatic rings. The van der Waals surface area contributed by atoms with Gasteiger partial charge in [-0.2, -0.15) is 0 Å². The fraction of sp³-hybridized carbons (Fsp3) is 0.292. The van der Waals surface area contributed by atoms with Crippen LogP contribution in [0.2, 0.25) is 0 Å². The van der Waals surface area contributed by atoms with Gasteiger partial charge in [0, 0.05) is 6.42 Å². The van der Waals surface area contributed by atoms with Crippen LogP contribution in [-0.2, 0) is 36.8 Å². The maximum absolute atomic E-state index is 12.8. The van der Waals surface area contributed by atoms with Crippen LogP contribution in [0.25, 0.3) is 0 Å². The van der Waals surface area contributed by atoms with E-state index in [9.17, 15) is 29.1 Å². The van der Waals surface area contributed by atoms with Crippen molar-refractivity contribution in [2.24, 2.45) is 5.73 Å². The summed E-state index contributed by atoms with van der Waals surface area (Å²) in [6, 6.07) is 11.2. The topological polar surface area (TPSA) is 208 Å². The molecule has 3 amide bonds. The molecule has 2 aromatic carbocycles. The Morgan fingerprint density at radius 2 is 1.39 bits per heavy atom. The summed E-state index contributed by atoms with van der Waals surface area (Å²) in [5.74, 6) is -5.22. The van der Waals surface area contributed by atoms with Crippen molar-refractivity contribution in [3.8, 4) is 5.75 Å². The van der Waals surface area contributed by atoms with Gasteiger partial charge in [-0.15, -0.1) is 0 Å². The predicted molar refractivity (Wildman–Crippen MR) is 127 cm³/mol. The number of phenolic OH excluding ortho intramolecular Hbond substituents is 1. The summed E-state index contributed by atoms with van der Waals surface area (Å²) in [5.41, 5.74) is 7.44. The van der Waals surface area contributed by atoms with E-state index in [1.807, 2.05) is 11.4 Å². The van der Waals surface area contributed by atoms with Crippen LogP contribution in [-0.4, -0.2) is 69.7 Å². The Labute approximate surface area is 206 Å². The van der Waals surface area contributed by atoms with E-state index in [1.54, 1.807) is 36.4 Å². The number of phenols is 1. The average molecular weight is 501 g/mol. The van der Waals surface area contributed by atoms with Gasteiger partial charge in [0.2, 0.25) is 17.7 Å². The fourth-order valence-electron chi connectivity index (χ4n) is 3.23. The van der Waals surface area contributed by atoms with E-state index in [0.717, 1.165) is 5.56 Å². The zero-order valence-corrected chi connectivity index (χ0v) is 19.2. The Hall–Kier alpha value is -4.45. The summed E-state index contributed by atoms with van der Waals surface area (Å²) in [4.78, 5) is 59.5. The van der Waals surface area contributed by atoms with Crippen LogP contribution < -0.4 is 21.7 Å². The number of nitrogens with one attached hydrogen (secondary N) is 3. The van der Waals surface area contributed by atoms with Gasteiger partial charge in [0.05, 0.1) is 19.0 Å². The first kappa shape index (κ1) is 27.8. The van der Waals surface area contributed by atoms with E-state index in [0.29, 0.717) is 5.56 Å². The minimum atomic E-state index is -1.67. The van der Waals surface area contributed by atoms with Gasteiger partial charge in [-0.25, -0.2) is 4.79 Å². The molecule has 12 heteroatoms. The normalized spacial score (nSPS) is 13.0. The Morgan fingerprint density at radius 1 is 0.778 bits per heavy atom. The number of carboxylic acid groups (broad SMARTS) is 2. The number of carbonyl (C=O) groups is 5. The van der Waals surface area contributed by atoms with Gasteiger partial charge >= 0.3 is 11.9 Å². The van der Waals surface area contributed by atoms with Crippen LogP contribution >= 0.6 is 0 Å². The molecule has 0 saturated heterocycles. The maximum atomic E-state index is 12.8. The largest absolute Gasteiger partial charge is 0.508 e. The summed E-state index contributed by atoms with van der Waals surface area (Å²) < 4.78 is 0. The number of amides is 3. The lowest BCUT2D eigenvalue weighted by molar-refractivity contribution is -0.147. The molecule has 3 atom stereocenters. The van der Waals surface area contributed by atoms with E-state index < -0.39 is 60.8 Å². The molecule has 0 spiro atoms. The summed E-state index contributed by atoms with van der Waals surface area (Å²) in [5, 5.41) is 34.2. The highest BCUT2D eigenvalue weighted by molar-refractivity contribution is 5.93. The zero-order chi connectivity index (χ0) is 26.7. The number of nitrogens with two attached hydrogens (primary N) is 1. The Bertz CT molecular complexity index is 1080. The van der Waals surface area contributed by atoms with Crippen molar-refractivity contribution >= 4 is 29.7 Å². The summed E-state index contributed by atoms with van der Waals surface area (Å²) in [6.45, 7) is -0.653. The molecule has 12 nitrogen and oxygen atoms in total. The van der Waals surface area contributed by atoms with E-state index >= 15 is 0 Å². The van der Waals surface area contributed by atoms with Crippen LogP contribution in [0.15, 0.2) is 54.6 Å². The Balaban J connectivity index is 2.05. The fourth-order valence-corrected chi connectivity index (χ4v) is 3.23. The molecular formula is C24H28N4O8.